The Hall–Kier alpha value is -1.81. The second-order valence-electron chi connectivity index (χ2n) is 4.57. The van der Waals surface area contributed by atoms with Gasteiger partial charge in [0, 0.05) is 24.7 Å². The van der Waals surface area contributed by atoms with Gasteiger partial charge >= 0.3 is 0 Å². The normalized spacial score (nSPS) is 10.7. The van der Waals surface area contributed by atoms with Gasteiger partial charge < -0.3 is 15.5 Å². The summed E-state index contributed by atoms with van der Waals surface area (Å²) in [5.74, 6) is 1.94. The van der Waals surface area contributed by atoms with Crippen molar-refractivity contribution >= 4 is 0 Å². The average molecular weight is 259 g/mol. The van der Waals surface area contributed by atoms with Gasteiger partial charge in [0.2, 0.25) is 0 Å². The van der Waals surface area contributed by atoms with E-state index in [-0.39, 0.29) is 0 Å². The molecule has 2 aromatic rings. The van der Waals surface area contributed by atoms with Crippen LogP contribution in [0.1, 0.15) is 29.6 Å². The quantitative estimate of drug-likeness (QED) is 0.834. The van der Waals surface area contributed by atoms with Gasteiger partial charge in [0.15, 0.2) is 0 Å². The molecule has 0 spiro atoms. The van der Waals surface area contributed by atoms with Crippen LogP contribution < -0.4 is 10.5 Å². The maximum absolute atomic E-state index is 5.53. The maximum atomic E-state index is 5.53. The smallest absolute Gasteiger partial charge is 0.122 e. The van der Waals surface area contributed by atoms with Gasteiger partial charge in [-0.3, -0.25) is 0 Å². The number of H-pyrrole nitrogens is 1. The molecule has 0 atom stereocenters. The van der Waals surface area contributed by atoms with E-state index in [4.69, 9.17) is 10.5 Å². The van der Waals surface area contributed by atoms with E-state index in [1.54, 1.807) is 7.11 Å². The highest BCUT2D eigenvalue weighted by atomic mass is 16.5. The van der Waals surface area contributed by atoms with Crippen molar-refractivity contribution in [3.8, 4) is 5.75 Å². The molecule has 19 heavy (non-hydrogen) atoms. The summed E-state index contributed by atoms with van der Waals surface area (Å²) in [6, 6.07) is 6.30. The SMILES string of the molecule is CCc1cc(Cc2ncc(CCN)[nH]2)ccc1OC. The molecule has 0 aliphatic carbocycles. The number of nitrogens with zero attached hydrogens (tertiary/aromatic N) is 1. The summed E-state index contributed by atoms with van der Waals surface area (Å²) < 4.78 is 5.34. The first kappa shape index (κ1) is 13.6. The van der Waals surface area contributed by atoms with E-state index in [1.165, 1.54) is 11.1 Å². The van der Waals surface area contributed by atoms with Crippen LogP contribution in [0.2, 0.25) is 0 Å². The van der Waals surface area contributed by atoms with Crippen molar-refractivity contribution in [3.05, 3.63) is 47.0 Å². The highest BCUT2D eigenvalue weighted by molar-refractivity contribution is 5.38. The number of nitrogens with one attached hydrogen (secondary N) is 1. The Labute approximate surface area is 114 Å². The summed E-state index contributed by atoms with van der Waals surface area (Å²) >= 11 is 0. The van der Waals surface area contributed by atoms with Crippen LogP contribution in [0.3, 0.4) is 0 Å². The van der Waals surface area contributed by atoms with E-state index in [0.717, 1.165) is 36.5 Å². The molecule has 0 saturated carbocycles. The van der Waals surface area contributed by atoms with Gasteiger partial charge in [0.25, 0.3) is 0 Å². The lowest BCUT2D eigenvalue weighted by Gasteiger charge is -2.08. The van der Waals surface area contributed by atoms with Gasteiger partial charge in [-0.2, -0.15) is 0 Å². The van der Waals surface area contributed by atoms with Crippen molar-refractivity contribution in [2.75, 3.05) is 13.7 Å². The number of aromatic nitrogens is 2. The second-order valence-corrected chi connectivity index (χ2v) is 4.57. The van der Waals surface area contributed by atoms with Gasteiger partial charge in [0.1, 0.15) is 11.6 Å². The number of methoxy groups -OCH3 is 1. The largest absolute Gasteiger partial charge is 0.496 e. The molecular weight excluding hydrogens is 238 g/mol. The standard InChI is InChI=1S/C15H21N3O/c1-3-12-8-11(4-5-14(12)19-2)9-15-17-10-13(18-15)6-7-16/h4-5,8,10H,3,6-7,9,16H2,1-2H3,(H,17,18). The van der Waals surface area contributed by atoms with E-state index in [1.807, 2.05) is 12.3 Å². The number of aryl methyl sites for hydroxylation is 1. The summed E-state index contributed by atoms with van der Waals surface area (Å²) in [4.78, 5) is 7.69. The molecule has 0 amide bonds. The Kier molecular flexibility index (Phi) is 4.58. The van der Waals surface area contributed by atoms with Crippen LogP contribution in [0, 0.1) is 0 Å². The number of hydrogen-bond donors (Lipinski definition) is 2. The summed E-state index contributed by atoms with van der Waals surface area (Å²) in [6.45, 7) is 2.78. The van der Waals surface area contributed by atoms with Gasteiger partial charge in [-0.25, -0.2) is 4.98 Å². The lowest BCUT2D eigenvalue weighted by atomic mass is 10.1. The molecule has 2 rings (SSSR count). The van der Waals surface area contributed by atoms with Gasteiger partial charge in [0.05, 0.1) is 7.11 Å². The van der Waals surface area contributed by atoms with E-state index in [2.05, 4.69) is 29.0 Å². The average Bonchev–Trinajstić information content (AvgIpc) is 2.86. The highest BCUT2D eigenvalue weighted by Crippen LogP contribution is 2.21. The minimum atomic E-state index is 0.643. The number of ether oxygens (including phenoxy) is 1. The number of aromatic amines is 1. The van der Waals surface area contributed by atoms with Crippen molar-refractivity contribution in [1.82, 2.24) is 9.97 Å². The molecule has 0 aliphatic heterocycles. The fraction of sp³-hybridized carbons (Fsp3) is 0.400. The summed E-state index contributed by atoms with van der Waals surface area (Å²) in [5, 5.41) is 0. The van der Waals surface area contributed by atoms with Crippen molar-refractivity contribution in [1.29, 1.82) is 0 Å². The Morgan fingerprint density at radius 2 is 2.21 bits per heavy atom. The van der Waals surface area contributed by atoms with Crippen LogP contribution in [-0.2, 0) is 19.3 Å². The molecule has 1 heterocycles. The van der Waals surface area contributed by atoms with Crippen LogP contribution >= 0.6 is 0 Å². The third kappa shape index (κ3) is 3.35. The zero-order valence-electron chi connectivity index (χ0n) is 11.6. The second kappa shape index (κ2) is 6.38. The Morgan fingerprint density at radius 3 is 2.89 bits per heavy atom. The predicted molar refractivity (Wildman–Crippen MR) is 76.5 cm³/mol. The molecule has 0 fully saturated rings. The number of benzene rings is 1. The monoisotopic (exact) mass is 259 g/mol. The fourth-order valence-electron chi connectivity index (χ4n) is 2.19. The first-order valence-corrected chi connectivity index (χ1v) is 6.65. The molecule has 4 nitrogen and oxygen atoms in total. The van der Waals surface area contributed by atoms with Crippen molar-refractivity contribution < 1.29 is 4.74 Å². The number of imidazole rings is 1. The van der Waals surface area contributed by atoms with E-state index in [9.17, 15) is 0 Å². The van der Waals surface area contributed by atoms with Crippen LogP contribution in [0.25, 0.3) is 0 Å². The number of hydrogen-bond acceptors (Lipinski definition) is 3. The molecule has 3 N–H and O–H groups in total. The van der Waals surface area contributed by atoms with Gasteiger partial charge in [-0.1, -0.05) is 19.1 Å². The fourth-order valence-corrected chi connectivity index (χ4v) is 2.19. The molecule has 1 aromatic carbocycles. The van der Waals surface area contributed by atoms with E-state index in [0.29, 0.717) is 6.54 Å². The first-order valence-electron chi connectivity index (χ1n) is 6.65. The Morgan fingerprint density at radius 1 is 1.37 bits per heavy atom. The topological polar surface area (TPSA) is 63.9 Å². The molecule has 1 aromatic heterocycles. The highest BCUT2D eigenvalue weighted by Gasteiger charge is 2.05. The summed E-state index contributed by atoms with van der Waals surface area (Å²) in [6.07, 6.45) is 4.48. The summed E-state index contributed by atoms with van der Waals surface area (Å²) in [5.41, 5.74) is 9.10. The van der Waals surface area contributed by atoms with Crippen LogP contribution in [0.4, 0.5) is 0 Å². The van der Waals surface area contributed by atoms with Gasteiger partial charge in [-0.15, -0.1) is 0 Å². The lowest BCUT2D eigenvalue weighted by molar-refractivity contribution is 0.410. The van der Waals surface area contributed by atoms with Crippen molar-refractivity contribution in [2.24, 2.45) is 5.73 Å². The zero-order valence-corrected chi connectivity index (χ0v) is 11.6. The maximum Gasteiger partial charge on any atom is 0.122 e. The first-order chi connectivity index (χ1) is 9.26. The number of rotatable bonds is 6. The van der Waals surface area contributed by atoms with Crippen molar-refractivity contribution in [3.63, 3.8) is 0 Å². The third-order valence-electron chi connectivity index (χ3n) is 3.19. The molecule has 0 bridgehead atoms. The van der Waals surface area contributed by atoms with Crippen molar-refractivity contribution in [2.45, 2.75) is 26.2 Å². The van der Waals surface area contributed by atoms with Gasteiger partial charge in [-0.05, 0) is 30.2 Å². The molecule has 102 valence electrons. The molecular formula is C15H21N3O. The van der Waals surface area contributed by atoms with Crippen LogP contribution in [0.15, 0.2) is 24.4 Å². The molecule has 0 unspecified atom stereocenters. The molecule has 0 aliphatic rings. The minimum Gasteiger partial charge on any atom is -0.496 e. The minimum absolute atomic E-state index is 0.643. The van der Waals surface area contributed by atoms with Crippen LogP contribution in [-0.4, -0.2) is 23.6 Å². The lowest BCUT2D eigenvalue weighted by Crippen LogP contribution is -2.03. The van der Waals surface area contributed by atoms with E-state index < -0.39 is 0 Å². The Bertz CT molecular complexity index is 534. The molecule has 0 radical (unpaired) electrons. The predicted octanol–water partition coefficient (Wildman–Crippen LogP) is 2.07. The molecule has 0 saturated heterocycles. The number of nitrogens with two attached hydrogens (primary N) is 1. The zero-order chi connectivity index (χ0) is 13.7. The summed E-state index contributed by atoms with van der Waals surface area (Å²) in [7, 11) is 1.71. The van der Waals surface area contributed by atoms with E-state index >= 15 is 0 Å². The van der Waals surface area contributed by atoms with Crippen LogP contribution in [0.5, 0.6) is 5.75 Å². The Balaban J connectivity index is 2.13. The third-order valence-corrected chi connectivity index (χ3v) is 3.19. The molecule has 4 heteroatoms.